The summed E-state index contributed by atoms with van der Waals surface area (Å²) in [6, 6.07) is 0.966. The van der Waals surface area contributed by atoms with Gasteiger partial charge in [0.25, 0.3) is 5.66 Å². The zero-order chi connectivity index (χ0) is 15.0. The van der Waals surface area contributed by atoms with E-state index in [2.05, 4.69) is 15.9 Å². The first-order valence-corrected chi connectivity index (χ1v) is 8.19. The highest BCUT2D eigenvalue weighted by molar-refractivity contribution is 9.10. The van der Waals surface area contributed by atoms with Crippen molar-refractivity contribution in [1.82, 2.24) is 0 Å². The summed E-state index contributed by atoms with van der Waals surface area (Å²) in [6.45, 7) is 3.39. The lowest BCUT2D eigenvalue weighted by Gasteiger charge is -2.38. The van der Waals surface area contributed by atoms with Crippen LogP contribution in [0.3, 0.4) is 0 Å². The van der Waals surface area contributed by atoms with E-state index in [0.29, 0.717) is 29.0 Å². The third-order valence-corrected chi connectivity index (χ3v) is 5.07. The lowest BCUT2D eigenvalue weighted by molar-refractivity contribution is -0.335. The molecular formula is C11H11BrClF2O3P-2. The smallest absolute Gasteiger partial charge is 0.298 e. The maximum atomic E-state index is 13.7. The molecule has 0 aliphatic carbocycles. The molecule has 0 unspecified atom stereocenters. The van der Waals surface area contributed by atoms with Gasteiger partial charge in [0.2, 0.25) is 0 Å². The highest BCUT2D eigenvalue weighted by Crippen LogP contribution is 2.56. The predicted octanol–water partition coefficient (Wildman–Crippen LogP) is 3.19. The number of benzene rings is 1. The van der Waals surface area contributed by atoms with E-state index in [1.165, 1.54) is 0 Å². The summed E-state index contributed by atoms with van der Waals surface area (Å²) in [6.07, 6.45) is 0.683. The quantitative estimate of drug-likeness (QED) is 0.759. The van der Waals surface area contributed by atoms with Crippen molar-refractivity contribution in [2.45, 2.75) is 32.4 Å². The summed E-state index contributed by atoms with van der Waals surface area (Å²) in [7, 11) is -6.10. The molecule has 0 aliphatic heterocycles. The van der Waals surface area contributed by atoms with Gasteiger partial charge >= 0.3 is 0 Å². The van der Waals surface area contributed by atoms with E-state index in [0.717, 1.165) is 6.07 Å². The molecule has 0 saturated carbocycles. The highest BCUT2D eigenvalue weighted by Gasteiger charge is 2.39. The third kappa shape index (κ3) is 3.03. The highest BCUT2D eigenvalue weighted by atomic mass is 79.9. The van der Waals surface area contributed by atoms with Crippen LogP contribution in [0, 0.1) is 0 Å². The molecule has 0 aromatic heterocycles. The number of hydrogen-bond donors (Lipinski definition) is 0. The third-order valence-electron chi connectivity index (χ3n) is 2.77. The number of hydrogen-bond acceptors (Lipinski definition) is 3. The normalized spacial score (nSPS) is 12.8. The molecule has 8 heteroatoms. The molecule has 1 aromatic rings. The van der Waals surface area contributed by atoms with E-state index in [4.69, 9.17) is 11.6 Å². The first kappa shape index (κ1) is 17.1. The number of alkyl halides is 2. The lowest BCUT2D eigenvalue weighted by atomic mass is 10.0. The first-order chi connectivity index (χ1) is 8.57. The largest absolute Gasteiger partial charge is 0.806 e. The van der Waals surface area contributed by atoms with Gasteiger partial charge in [0, 0.05) is 22.7 Å². The SMILES string of the molecule is CCc1cc(C(F)(F)P(=O)([O-])[O-])c(Br)c(CC)c1Cl. The molecule has 0 fully saturated rings. The van der Waals surface area contributed by atoms with Crippen molar-refractivity contribution in [2.75, 3.05) is 0 Å². The molecule has 0 atom stereocenters. The van der Waals surface area contributed by atoms with Crippen LogP contribution in [0.5, 0.6) is 0 Å². The maximum Gasteiger partial charge on any atom is 0.298 e. The van der Waals surface area contributed by atoms with Crippen molar-refractivity contribution < 1.29 is 23.1 Å². The van der Waals surface area contributed by atoms with Crippen LogP contribution in [0.2, 0.25) is 5.02 Å². The van der Waals surface area contributed by atoms with Crippen molar-refractivity contribution >= 4 is 35.1 Å². The summed E-state index contributed by atoms with van der Waals surface area (Å²) in [4.78, 5) is 21.5. The Bertz CT molecular complexity index is 545. The Morgan fingerprint density at radius 1 is 1.37 bits per heavy atom. The Labute approximate surface area is 123 Å². The van der Waals surface area contributed by atoms with E-state index in [-0.39, 0.29) is 4.47 Å². The molecule has 0 aliphatic rings. The van der Waals surface area contributed by atoms with Crippen LogP contribution in [0.4, 0.5) is 8.78 Å². The Morgan fingerprint density at radius 2 is 1.89 bits per heavy atom. The Kier molecular flexibility index (Phi) is 5.19. The van der Waals surface area contributed by atoms with Gasteiger partial charge in [-0.2, -0.15) is 8.78 Å². The molecular weight excluding hydrogens is 364 g/mol. The van der Waals surface area contributed by atoms with E-state index in [9.17, 15) is 23.1 Å². The molecule has 0 N–H and O–H groups in total. The minimum atomic E-state index is -6.10. The molecule has 19 heavy (non-hydrogen) atoms. The number of aryl methyl sites for hydroxylation is 1. The molecule has 108 valence electrons. The molecule has 1 rings (SSSR count). The summed E-state index contributed by atoms with van der Waals surface area (Å²) in [5, 5.41) is 0.308. The van der Waals surface area contributed by atoms with Gasteiger partial charge in [-0.15, -0.1) is 0 Å². The fourth-order valence-corrected chi connectivity index (χ4v) is 3.68. The average molecular weight is 376 g/mol. The van der Waals surface area contributed by atoms with E-state index in [1.807, 2.05) is 0 Å². The van der Waals surface area contributed by atoms with Crippen LogP contribution in [0.25, 0.3) is 0 Å². The van der Waals surface area contributed by atoms with Crippen molar-refractivity contribution in [3.63, 3.8) is 0 Å². The molecule has 0 spiro atoms. The maximum absolute atomic E-state index is 13.7. The van der Waals surface area contributed by atoms with Crippen LogP contribution < -0.4 is 9.79 Å². The molecule has 0 bridgehead atoms. The van der Waals surface area contributed by atoms with Crippen molar-refractivity contribution in [1.29, 1.82) is 0 Å². The van der Waals surface area contributed by atoms with Crippen LogP contribution in [-0.4, -0.2) is 0 Å². The van der Waals surface area contributed by atoms with Gasteiger partial charge in [-0.1, -0.05) is 25.4 Å². The van der Waals surface area contributed by atoms with Gasteiger partial charge in [-0.25, -0.2) is 0 Å². The Hall–Kier alpha value is -0.0000000000000000555. The zero-order valence-electron chi connectivity index (χ0n) is 10.2. The van der Waals surface area contributed by atoms with Crippen molar-refractivity contribution in [3.8, 4) is 0 Å². The van der Waals surface area contributed by atoms with Crippen LogP contribution in [0.15, 0.2) is 10.5 Å². The number of rotatable bonds is 4. The minimum Gasteiger partial charge on any atom is -0.806 e. The molecule has 0 amide bonds. The van der Waals surface area contributed by atoms with Crippen LogP contribution >= 0.6 is 35.1 Å². The molecule has 0 radical (unpaired) electrons. The fourth-order valence-electron chi connectivity index (χ4n) is 1.69. The first-order valence-electron chi connectivity index (χ1n) is 5.48. The van der Waals surface area contributed by atoms with Gasteiger partial charge < -0.3 is 14.4 Å². The molecule has 1 aromatic carbocycles. The Balaban J connectivity index is 3.67. The van der Waals surface area contributed by atoms with Gasteiger partial charge in [0.1, 0.15) is 0 Å². The second kappa shape index (κ2) is 5.78. The fraction of sp³-hybridized carbons (Fsp3) is 0.455. The lowest BCUT2D eigenvalue weighted by Crippen LogP contribution is -2.30. The molecule has 3 nitrogen and oxygen atoms in total. The summed E-state index contributed by atoms with van der Waals surface area (Å²) in [5.74, 6) is 0. The zero-order valence-corrected chi connectivity index (χ0v) is 13.4. The van der Waals surface area contributed by atoms with Crippen LogP contribution in [0.1, 0.15) is 30.5 Å². The van der Waals surface area contributed by atoms with E-state index in [1.54, 1.807) is 13.8 Å². The minimum absolute atomic E-state index is 0.130. The standard InChI is InChI=1S/C11H13BrClF2O3P/c1-3-6-5-8(11(14,15)19(16,17)18)9(12)7(4-2)10(6)13/h5H,3-4H2,1-2H3,(H2,16,17,18)/p-2. The predicted molar refractivity (Wildman–Crippen MR) is 69.4 cm³/mol. The second-order valence-electron chi connectivity index (χ2n) is 3.94. The summed E-state index contributed by atoms with van der Waals surface area (Å²) < 4.78 is 38.1. The van der Waals surface area contributed by atoms with E-state index < -0.39 is 18.8 Å². The Morgan fingerprint density at radius 3 is 2.26 bits per heavy atom. The van der Waals surface area contributed by atoms with Gasteiger partial charge in [0.05, 0.1) is 0 Å². The number of halogens is 4. The topological polar surface area (TPSA) is 63.2 Å². The van der Waals surface area contributed by atoms with Crippen LogP contribution in [-0.2, 0) is 23.1 Å². The van der Waals surface area contributed by atoms with Gasteiger partial charge in [-0.05, 0) is 46.0 Å². The van der Waals surface area contributed by atoms with E-state index >= 15 is 0 Å². The molecule has 0 saturated heterocycles. The van der Waals surface area contributed by atoms with Gasteiger partial charge in [-0.3, -0.25) is 0 Å². The van der Waals surface area contributed by atoms with Gasteiger partial charge in [0.15, 0.2) is 0 Å². The van der Waals surface area contributed by atoms with Crippen molar-refractivity contribution in [2.24, 2.45) is 0 Å². The van der Waals surface area contributed by atoms with Crippen molar-refractivity contribution in [3.05, 3.63) is 32.3 Å². The summed E-state index contributed by atoms with van der Waals surface area (Å²) in [5.41, 5.74) is -4.57. The monoisotopic (exact) mass is 374 g/mol. The second-order valence-corrected chi connectivity index (χ2v) is 6.66. The molecule has 0 heterocycles. The summed E-state index contributed by atoms with van der Waals surface area (Å²) >= 11 is 8.97. The average Bonchev–Trinajstić information content (AvgIpc) is 2.28.